The Morgan fingerprint density at radius 2 is 1.41 bits per heavy atom. The summed E-state index contributed by atoms with van der Waals surface area (Å²) in [7, 11) is 0. The van der Waals surface area contributed by atoms with Crippen molar-refractivity contribution < 1.29 is 27.4 Å². The monoisotopic (exact) mass is 512 g/mol. The maximum Gasteiger partial charge on any atom is 0.201 e. The largest absolute Gasteiger partial charge is 0.490 e. The summed E-state index contributed by atoms with van der Waals surface area (Å²) in [6.45, 7) is 5.52. The highest BCUT2D eigenvalue weighted by atomic mass is 19.2. The van der Waals surface area contributed by atoms with Crippen LogP contribution in [0.5, 0.6) is 5.75 Å². The Labute approximate surface area is 217 Å². The van der Waals surface area contributed by atoms with Crippen molar-refractivity contribution in [1.29, 1.82) is 0 Å². The van der Waals surface area contributed by atoms with Crippen molar-refractivity contribution in [2.24, 2.45) is 0 Å². The third kappa shape index (κ3) is 6.74. The van der Waals surface area contributed by atoms with Crippen molar-refractivity contribution in [3.8, 4) is 28.0 Å². The van der Waals surface area contributed by atoms with Gasteiger partial charge in [-0.1, -0.05) is 69.5 Å². The molecule has 0 aromatic heterocycles. The van der Waals surface area contributed by atoms with Gasteiger partial charge in [0.05, 0.1) is 19.8 Å². The average molecular weight is 513 g/mol. The zero-order valence-corrected chi connectivity index (χ0v) is 21.6. The smallest absolute Gasteiger partial charge is 0.201 e. The van der Waals surface area contributed by atoms with E-state index in [-0.39, 0.29) is 29.3 Å². The summed E-state index contributed by atoms with van der Waals surface area (Å²) in [5.74, 6) is -2.40. The number of halogens is 3. The summed E-state index contributed by atoms with van der Waals surface area (Å²) in [6.07, 6.45) is 5.78. The molecule has 1 aliphatic rings. The number of rotatable bonds is 11. The van der Waals surface area contributed by atoms with Gasteiger partial charge in [-0.15, -0.1) is 0 Å². The van der Waals surface area contributed by atoms with Crippen molar-refractivity contribution in [2.75, 3.05) is 19.8 Å². The normalized spacial score (nSPS) is 17.6. The molecule has 3 aromatic rings. The second-order valence-electron chi connectivity index (χ2n) is 9.55. The Bertz CT molecular complexity index is 1160. The summed E-state index contributed by atoms with van der Waals surface area (Å²) < 4.78 is 61.3. The van der Waals surface area contributed by atoms with Crippen LogP contribution in [0.1, 0.15) is 63.9 Å². The van der Waals surface area contributed by atoms with Gasteiger partial charge in [0.25, 0.3) is 0 Å². The van der Waals surface area contributed by atoms with Crippen molar-refractivity contribution in [3.63, 3.8) is 0 Å². The molecule has 0 aliphatic carbocycles. The van der Waals surface area contributed by atoms with Crippen molar-refractivity contribution in [2.45, 2.75) is 64.6 Å². The van der Waals surface area contributed by atoms with Gasteiger partial charge in [-0.2, -0.15) is 4.39 Å². The lowest BCUT2D eigenvalue weighted by molar-refractivity contribution is -0.190. The quantitative estimate of drug-likeness (QED) is 0.241. The number of hydrogen-bond acceptors (Lipinski definition) is 3. The molecule has 4 rings (SSSR count). The Morgan fingerprint density at radius 1 is 0.757 bits per heavy atom. The summed E-state index contributed by atoms with van der Waals surface area (Å²) in [5, 5.41) is 0. The third-order valence-corrected chi connectivity index (χ3v) is 6.78. The van der Waals surface area contributed by atoms with Gasteiger partial charge < -0.3 is 14.2 Å². The highest BCUT2D eigenvalue weighted by Gasteiger charge is 2.24. The molecule has 0 atom stereocenters. The zero-order valence-electron chi connectivity index (χ0n) is 21.6. The lowest BCUT2D eigenvalue weighted by Crippen LogP contribution is -2.30. The van der Waals surface area contributed by atoms with Crippen LogP contribution in [0.25, 0.3) is 22.3 Å². The number of unbranched alkanes of at least 4 members (excludes halogenated alkanes) is 3. The highest BCUT2D eigenvalue weighted by molar-refractivity contribution is 5.71. The fourth-order valence-corrected chi connectivity index (χ4v) is 4.50. The first-order valence-electron chi connectivity index (χ1n) is 13.3. The van der Waals surface area contributed by atoms with E-state index >= 15 is 4.39 Å². The second kappa shape index (κ2) is 13.1. The number of hydrogen-bond donors (Lipinski definition) is 0. The predicted molar refractivity (Wildman–Crippen MR) is 140 cm³/mol. The van der Waals surface area contributed by atoms with E-state index in [1.807, 2.05) is 13.0 Å². The van der Waals surface area contributed by atoms with E-state index in [4.69, 9.17) is 14.2 Å². The van der Waals surface area contributed by atoms with Gasteiger partial charge in [0, 0.05) is 17.0 Å². The van der Waals surface area contributed by atoms with Crippen LogP contribution in [-0.2, 0) is 9.47 Å². The standard InChI is InChI=1S/C31H35F3O3/c1-3-5-7-8-29-36-19-24(20-37-29)23-13-14-25(27(32)18-23)21-9-11-22(12-10-21)26-15-16-28(31(34)30(26)33)35-17-6-4-2/h9-16,18,24,29H,3-8,17,19-20H2,1-2H3. The van der Waals surface area contributed by atoms with E-state index in [0.29, 0.717) is 36.5 Å². The highest BCUT2D eigenvalue weighted by Crippen LogP contribution is 2.33. The van der Waals surface area contributed by atoms with Gasteiger partial charge in [-0.05, 0) is 54.2 Å². The minimum atomic E-state index is -0.998. The van der Waals surface area contributed by atoms with Crippen molar-refractivity contribution in [3.05, 3.63) is 77.6 Å². The topological polar surface area (TPSA) is 27.7 Å². The van der Waals surface area contributed by atoms with E-state index < -0.39 is 11.6 Å². The SMILES string of the molecule is CCCCCC1OCC(c2ccc(-c3ccc(-c4ccc(OCCCC)c(F)c4F)cc3)c(F)c2)CO1. The molecule has 0 bridgehead atoms. The summed E-state index contributed by atoms with van der Waals surface area (Å²) in [4.78, 5) is 0. The maximum atomic E-state index is 15.1. The molecule has 198 valence electrons. The molecular weight excluding hydrogens is 477 g/mol. The van der Waals surface area contributed by atoms with Crippen LogP contribution in [0.2, 0.25) is 0 Å². The van der Waals surface area contributed by atoms with Gasteiger partial charge in [-0.3, -0.25) is 0 Å². The first-order valence-corrected chi connectivity index (χ1v) is 13.3. The molecule has 0 spiro atoms. The molecule has 1 saturated heterocycles. The third-order valence-electron chi connectivity index (χ3n) is 6.78. The fourth-order valence-electron chi connectivity index (χ4n) is 4.50. The fraction of sp³-hybridized carbons (Fsp3) is 0.419. The lowest BCUT2D eigenvalue weighted by atomic mass is 9.95. The number of benzene rings is 3. The molecule has 3 aromatic carbocycles. The zero-order chi connectivity index (χ0) is 26.2. The van der Waals surface area contributed by atoms with Crippen molar-refractivity contribution >= 4 is 0 Å². The van der Waals surface area contributed by atoms with E-state index in [1.54, 1.807) is 30.3 Å². The van der Waals surface area contributed by atoms with E-state index in [9.17, 15) is 8.78 Å². The first-order chi connectivity index (χ1) is 18.0. The van der Waals surface area contributed by atoms with Crippen LogP contribution in [0.15, 0.2) is 54.6 Å². The Balaban J connectivity index is 1.42. The number of ether oxygens (including phenoxy) is 3. The molecule has 0 N–H and O–H groups in total. The molecule has 0 unspecified atom stereocenters. The molecule has 1 aliphatic heterocycles. The molecule has 0 amide bonds. The van der Waals surface area contributed by atoms with Gasteiger partial charge in [0.15, 0.2) is 17.9 Å². The molecule has 6 heteroatoms. The van der Waals surface area contributed by atoms with E-state index in [2.05, 4.69) is 6.92 Å². The predicted octanol–water partition coefficient (Wildman–Crippen LogP) is 8.65. The summed E-state index contributed by atoms with van der Waals surface area (Å²) >= 11 is 0. The minimum absolute atomic E-state index is 0.0138. The average Bonchev–Trinajstić information content (AvgIpc) is 2.92. The van der Waals surface area contributed by atoms with Crippen LogP contribution < -0.4 is 4.74 Å². The Morgan fingerprint density at radius 3 is 2.05 bits per heavy atom. The van der Waals surface area contributed by atoms with Crippen LogP contribution in [0.4, 0.5) is 13.2 Å². The van der Waals surface area contributed by atoms with Gasteiger partial charge in [0.1, 0.15) is 5.82 Å². The van der Waals surface area contributed by atoms with Gasteiger partial charge >= 0.3 is 0 Å². The molecule has 1 heterocycles. The Kier molecular flexibility index (Phi) is 9.64. The van der Waals surface area contributed by atoms with Crippen LogP contribution in [-0.4, -0.2) is 26.1 Å². The molecule has 37 heavy (non-hydrogen) atoms. The van der Waals surface area contributed by atoms with E-state index in [1.165, 1.54) is 18.2 Å². The van der Waals surface area contributed by atoms with Crippen molar-refractivity contribution in [1.82, 2.24) is 0 Å². The van der Waals surface area contributed by atoms with Gasteiger partial charge in [0.2, 0.25) is 5.82 Å². The van der Waals surface area contributed by atoms with Crippen LogP contribution >= 0.6 is 0 Å². The lowest BCUT2D eigenvalue weighted by Gasteiger charge is -2.30. The molecular formula is C31H35F3O3. The van der Waals surface area contributed by atoms with E-state index in [0.717, 1.165) is 44.1 Å². The Hall–Kier alpha value is -2.83. The molecule has 0 saturated carbocycles. The molecule has 1 fully saturated rings. The maximum absolute atomic E-state index is 15.1. The summed E-state index contributed by atoms with van der Waals surface area (Å²) in [6, 6.07) is 14.9. The first kappa shape index (κ1) is 27.2. The summed E-state index contributed by atoms with van der Waals surface area (Å²) in [5.41, 5.74) is 2.57. The van der Waals surface area contributed by atoms with Crippen LogP contribution in [0.3, 0.4) is 0 Å². The van der Waals surface area contributed by atoms with Gasteiger partial charge in [-0.25, -0.2) is 8.78 Å². The molecule has 3 nitrogen and oxygen atoms in total. The molecule has 0 radical (unpaired) electrons. The van der Waals surface area contributed by atoms with Crippen LogP contribution in [0, 0.1) is 17.5 Å². The second-order valence-corrected chi connectivity index (χ2v) is 9.55. The minimum Gasteiger partial charge on any atom is -0.490 e.